The van der Waals surface area contributed by atoms with E-state index in [2.05, 4.69) is 57.3 Å². The van der Waals surface area contributed by atoms with Crippen molar-refractivity contribution in [2.24, 2.45) is 0 Å². The van der Waals surface area contributed by atoms with Gasteiger partial charge in [-0.3, -0.25) is 9.97 Å². The van der Waals surface area contributed by atoms with Gasteiger partial charge in [-0.2, -0.15) is 0 Å². The highest BCUT2D eigenvalue weighted by Gasteiger charge is 2.32. The van der Waals surface area contributed by atoms with Crippen LogP contribution in [-0.2, 0) is 0 Å². The summed E-state index contributed by atoms with van der Waals surface area (Å²) in [5, 5.41) is 4.90. The van der Waals surface area contributed by atoms with Crippen molar-refractivity contribution in [3.8, 4) is 0 Å². The van der Waals surface area contributed by atoms with E-state index in [1.807, 2.05) is 24.5 Å². The van der Waals surface area contributed by atoms with Gasteiger partial charge < -0.3 is 5.01 Å². The highest BCUT2D eigenvalue weighted by Crippen LogP contribution is 2.40. The van der Waals surface area contributed by atoms with Crippen molar-refractivity contribution in [3.63, 3.8) is 0 Å². The van der Waals surface area contributed by atoms with Crippen LogP contribution >= 0.6 is 11.6 Å². The molecule has 4 rings (SSSR count). The highest BCUT2D eigenvalue weighted by atomic mass is 35.5. The molecule has 0 spiro atoms. The molecule has 0 fully saturated rings. The number of hydrogen-bond donors (Lipinski definition) is 0. The molecule has 0 N–H and O–H groups in total. The fourth-order valence-electron chi connectivity index (χ4n) is 3.29. The standard InChI is InChI=1S/C19H18ClN5/c1-3-25-12-15(19(24(25)2)13-5-4-8-21-10-13)14-9-17-16(22-11-14)6-7-18(20)23-17/h4-12,19H,3H2,1-2H3. The van der Waals surface area contributed by atoms with Crippen molar-refractivity contribution in [2.75, 3.05) is 13.6 Å². The van der Waals surface area contributed by atoms with Crippen LogP contribution in [0.15, 0.2) is 55.1 Å². The lowest BCUT2D eigenvalue weighted by Gasteiger charge is -2.30. The van der Waals surface area contributed by atoms with Gasteiger partial charge in [0, 0.05) is 49.5 Å². The molecule has 0 bridgehead atoms. The third-order valence-corrected chi connectivity index (χ3v) is 4.73. The van der Waals surface area contributed by atoms with Gasteiger partial charge in [0.05, 0.1) is 17.1 Å². The summed E-state index contributed by atoms with van der Waals surface area (Å²) >= 11 is 6.05. The maximum atomic E-state index is 6.05. The molecule has 0 radical (unpaired) electrons. The number of halogens is 1. The van der Waals surface area contributed by atoms with Crippen molar-refractivity contribution in [1.29, 1.82) is 0 Å². The zero-order chi connectivity index (χ0) is 17.4. The monoisotopic (exact) mass is 351 g/mol. The first-order valence-electron chi connectivity index (χ1n) is 8.21. The summed E-state index contributed by atoms with van der Waals surface area (Å²) in [5.41, 5.74) is 5.00. The lowest BCUT2D eigenvalue weighted by Crippen LogP contribution is -2.33. The van der Waals surface area contributed by atoms with Crippen LogP contribution in [0.1, 0.15) is 24.1 Å². The van der Waals surface area contributed by atoms with Crippen LogP contribution in [0.5, 0.6) is 0 Å². The SMILES string of the molecule is CCN1C=C(c2cnc3ccc(Cl)nc3c2)C(c2cccnc2)N1C. The largest absolute Gasteiger partial charge is 0.312 e. The van der Waals surface area contributed by atoms with E-state index in [0.717, 1.165) is 28.7 Å². The summed E-state index contributed by atoms with van der Waals surface area (Å²) in [4.78, 5) is 13.2. The lowest BCUT2D eigenvalue weighted by molar-refractivity contribution is 0.0527. The Morgan fingerprint density at radius 2 is 2.04 bits per heavy atom. The Bertz CT molecular complexity index is 941. The second-order valence-electron chi connectivity index (χ2n) is 6.00. The van der Waals surface area contributed by atoms with Crippen LogP contribution in [0, 0.1) is 0 Å². The third-order valence-electron chi connectivity index (χ3n) is 4.52. The van der Waals surface area contributed by atoms with E-state index in [4.69, 9.17) is 11.6 Å². The summed E-state index contributed by atoms with van der Waals surface area (Å²) < 4.78 is 0. The fraction of sp³-hybridized carbons (Fsp3) is 0.211. The fourth-order valence-corrected chi connectivity index (χ4v) is 3.45. The maximum absolute atomic E-state index is 6.05. The Morgan fingerprint density at radius 1 is 1.16 bits per heavy atom. The summed E-state index contributed by atoms with van der Waals surface area (Å²) in [5.74, 6) is 0. The van der Waals surface area contributed by atoms with E-state index >= 15 is 0 Å². The first-order chi connectivity index (χ1) is 12.2. The highest BCUT2D eigenvalue weighted by molar-refractivity contribution is 6.29. The summed E-state index contributed by atoms with van der Waals surface area (Å²) in [6.45, 7) is 3.03. The van der Waals surface area contributed by atoms with Gasteiger partial charge in [0.1, 0.15) is 5.15 Å². The van der Waals surface area contributed by atoms with Crippen LogP contribution in [0.4, 0.5) is 0 Å². The zero-order valence-electron chi connectivity index (χ0n) is 14.1. The number of aromatic nitrogens is 3. The first-order valence-corrected chi connectivity index (χ1v) is 8.59. The molecule has 0 saturated heterocycles. The quantitative estimate of drug-likeness (QED) is 0.669. The van der Waals surface area contributed by atoms with E-state index < -0.39 is 0 Å². The minimum absolute atomic E-state index is 0.0899. The molecule has 1 aliphatic heterocycles. The molecule has 0 saturated carbocycles. The predicted molar refractivity (Wildman–Crippen MR) is 99.6 cm³/mol. The summed E-state index contributed by atoms with van der Waals surface area (Å²) in [6, 6.07) is 9.86. The summed E-state index contributed by atoms with van der Waals surface area (Å²) in [7, 11) is 2.09. The van der Waals surface area contributed by atoms with Crippen LogP contribution in [0.25, 0.3) is 16.6 Å². The Labute approximate surface area is 151 Å². The molecule has 3 aromatic rings. The Kier molecular flexibility index (Phi) is 4.11. The molecule has 1 aliphatic rings. The molecule has 0 aromatic carbocycles. The Morgan fingerprint density at radius 3 is 2.80 bits per heavy atom. The van der Waals surface area contributed by atoms with E-state index in [-0.39, 0.29) is 6.04 Å². The molecule has 126 valence electrons. The average molecular weight is 352 g/mol. The molecule has 25 heavy (non-hydrogen) atoms. The van der Waals surface area contributed by atoms with Gasteiger partial charge in [0.15, 0.2) is 0 Å². The van der Waals surface area contributed by atoms with Crippen molar-refractivity contribution >= 4 is 28.2 Å². The molecule has 0 aliphatic carbocycles. The Balaban J connectivity index is 1.83. The number of hydrazine groups is 1. The van der Waals surface area contributed by atoms with Crippen molar-refractivity contribution in [1.82, 2.24) is 25.0 Å². The van der Waals surface area contributed by atoms with Gasteiger partial charge in [0.2, 0.25) is 0 Å². The van der Waals surface area contributed by atoms with Crippen LogP contribution in [0.3, 0.4) is 0 Å². The van der Waals surface area contributed by atoms with Gasteiger partial charge in [-0.15, -0.1) is 0 Å². The average Bonchev–Trinajstić information content (AvgIpc) is 2.98. The smallest absolute Gasteiger partial charge is 0.129 e. The second-order valence-corrected chi connectivity index (χ2v) is 6.39. The number of pyridine rings is 3. The number of rotatable bonds is 3. The Hall–Kier alpha value is -2.50. The number of hydrogen-bond acceptors (Lipinski definition) is 5. The molecule has 0 amide bonds. The topological polar surface area (TPSA) is 45.2 Å². The first kappa shape index (κ1) is 16.0. The molecule has 4 heterocycles. The third kappa shape index (κ3) is 2.86. The van der Waals surface area contributed by atoms with Crippen LogP contribution in [-0.4, -0.2) is 38.6 Å². The van der Waals surface area contributed by atoms with E-state index in [0.29, 0.717) is 5.15 Å². The van der Waals surface area contributed by atoms with Gasteiger partial charge in [-0.25, -0.2) is 9.99 Å². The minimum Gasteiger partial charge on any atom is -0.312 e. The van der Waals surface area contributed by atoms with Crippen molar-refractivity contribution in [2.45, 2.75) is 13.0 Å². The van der Waals surface area contributed by atoms with Gasteiger partial charge in [-0.1, -0.05) is 17.7 Å². The van der Waals surface area contributed by atoms with E-state index in [9.17, 15) is 0 Å². The van der Waals surface area contributed by atoms with E-state index in [1.165, 1.54) is 5.57 Å². The molecule has 3 aromatic heterocycles. The molecule has 6 heteroatoms. The van der Waals surface area contributed by atoms with Gasteiger partial charge in [0.25, 0.3) is 0 Å². The molecule has 5 nitrogen and oxygen atoms in total. The number of fused-ring (bicyclic) bond motifs is 1. The lowest BCUT2D eigenvalue weighted by atomic mass is 9.96. The summed E-state index contributed by atoms with van der Waals surface area (Å²) in [6.07, 6.45) is 7.78. The maximum Gasteiger partial charge on any atom is 0.129 e. The second kappa shape index (κ2) is 6.43. The normalized spacial score (nSPS) is 18.0. The molecular formula is C19H18ClN5. The van der Waals surface area contributed by atoms with Crippen molar-refractivity contribution < 1.29 is 0 Å². The minimum atomic E-state index is 0.0899. The zero-order valence-corrected chi connectivity index (χ0v) is 14.9. The van der Waals surface area contributed by atoms with E-state index in [1.54, 1.807) is 12.3 Å². The number of nitrogens with zero attached hydrogens (tertiary/aromatic N) is 5. The van der Waals surface area contributed by atoms with Gasteiger partial charge >= 0.3 is 0 Å². The number of likely N-dealkylation sites (N-methyl/N-ethyl adjacent to an activating group) is 1. The molecule has 1 unspecified atom stereocenters. The predicted octanol–water partition coefficient (Wildman–Crippen LogP) is 3.94. The van der Waals surface area contributed by atoms with Crippen LogP contribution < -0.4 is 0 Å². The van der Waals surface area contributed by atoms with Crippen molar-refractivity contribution in [3.05, 3.63) is 71.4 Å². The van der Waals surface area contributed by atoms with Gasteiger partial charge in [-0.05, 0) is 36.8 Å². The molecule has 1 atom stereocenters. The van der Waals surface area contributed by atoms with Crippen LogP contribution in [0.2, 0.25) is 5.15 Å². The molecular weight excluding hydrogens is 334 g/mol.